The van der Waals surface area contributed by atoms with Gasteiger partial charge in [-0.2, -0.15) is 0 Å². The summed E-state index contributed by atoms with van der Waals surface area (Å²) in [7, 11) is 0. The van der Waals surface area contributed by atoms with Crippen molar-refractivity contribution in [2.45, 2.75) is 20.0 Å². The quantitative estimate of drug-likeness (QED) is 0.794. The second-order valence-electron chi connectivity index (χ2n) is 3.74. The van der Waals surface area contributed by atoms with Gasteiger partial charge in [-0.05, 0) is 54.6 Å². The van der Waals surface area contributed by atoms with Crippen molar-refractivity contribution in [1.82, 2.24) is 0 Å². The third kappa shape index (κ3) is 2.37. The van der Waals surface area contributed by atoms with E-state index in [1.165, 1.54) is 6.07 Å². The molecule has 1 aromatic heterocycles. The predicted molar refractivity (Wildman–Crippen MR) is 71.0 cm³/mol. The molecule has 2 aromatic rings. The SMILES string of the molecule is CC(C)Oc1cc(=O)c2cc(I)ccc2o1. The third-order valence-corrected chi connectivity index (χ3v) is 2.69. The van der Waals surface area contributed by atoms with E-state index in [2.05, 4.69) is 22.6 Å². The topological polar surface area (TPSA) is 39.4 Å². The maximum atomic E-state index is 11.8. The fraction of sp³-hybridized carbons (Fsp3) is 0.250. The van der Waals surface area contributed by atoms with E-state index in [1.54, 1.807) is 12.1 Å². The maximum Gasteiger partial charge on any atom is 0.288 e. The summed E-state index contributed by atoms with van der Waals surface area (Å²) in [4.78, 5) is 11.8. The van der Waals surface area contributed by atoms with E-state index in [-0.39, 0.29) is 17.5 Å². The first-order valence-corrected chi connectivity index (χ1v) is 6.04. The van der Waals surface area contributed by atoms with Crippen LogP contribution in [0.1, 0.15) is 13.8 Å². The second kappa shape index (κ2) is 4.45. The van der Waals surface area contributed by atoms with Gasteiger partial charge in [-0.1, -0.05) is 0 Å². The molecule has 16 heavy (non-hydrogen) atoms. The van der Waals surface area contributed by atoms with Crippen molar-refractivity contribution in [3.8, 4) is 5.95 Å². The normalized spacial score (nSPS) is 11.0. The van der Waals surface area contributed by atoms with E-state index in [9.17, 15) is 4.79 Å². The molecular formula is C12H11IO3. The molecule has 0 bridgehead atoms. The summed E-state index contributed by atoms with van der Waals surface area (Å²) in [5.41, 5.74) is 0.485. The highest BCUT2D eigenvalue weighted by atomic mass is 127. The predicted octanol–water partition coefficient (Wildman–Crippen LogP) is 3.18. The molecular weight excluding hydrogens is 319 g/mol. The zero-order valence-electron chi connectivity index (χ0n) is 8.99. The Morgan fingerprint density at radius 3 is 2.75 bits per heavy atom. The summed E-state index contributed by atoms with van der Waals surface area (Å²) in [5.74, 6) is 0.272. The van der Waals surface area contributed by atoms with Crippen LogP contribution in [-0.4, -0.2) is 6.10 Å². The molecule has 0 aliphatic rings. The fourth-order valence-corrected chi connectivity index (χ4v) is 1.89. The molecule has 0 spiro atoms. The lowest BCUT2D eigenvalue weighted by Crippen LogP contribution is -2.08. The first-order valence-electron chi connectivity index (χ1n) is 4.96. The van der Waals surface area contributed by atoms with E-state index in [0.29, 0.717) is 11.0 Å². The van der Waals surface area contributed by atoms with Crippen LogP contribution in [0, 0.1) is 3.57 Å². The summed E-state index contributed by atoms with van der Waals surface area (Å²) in [5, 5.41) is 0.586. The van der Waals surface area contributed by atoms with Gasteiger partial charge >= 0.3 is 0 Å². The molecule has 2 rings (SSSR count). The van der Waals surface area contributed by atoms with Gasteiger partial charge in [0.15, 0.2) is 5.43 Å². The van der Waals surface area contributed by atoms with Gasteiger partial charge in [0.05, 0.1) is 17.6 Å². The van der Waals surface area contributed by atoms with Gasteiger partial charge in [-0.15, -0.1) is 0 Å². The van der Waals surface area contributed by atoms with Gasteiger partial charge in [-0.25, -0.2) is 0 Å². The second-order valence-corrected chi connectivity index (χ2v) is 4.98. The molecule has 1 aromatic carbocycles. The number of benzene rings is 1. The summed E-state index contributed by atoms with van der Waals surface area (Å²) < 4.78 is 11.9. The van der Waals surface area contributed by atoms with Crippen LogP contribution in [0.25, 0.3) is 11.0 Å². The maximum absolute atomic E-state index is 11.8. The number of hydrogen-bond acceptors (Lipinski definition) is 3. The zero-order valence-corrected chi connectivity index (χ0v) is 11.1. The van der Waals surface area contributed by atoms with E-state index >= 15 is 0 Å². The monoisotopic (exact) mass is 330 g/mol. The summed E-state index contributed by atoms with van der Waals surface area (Å²) in [6.07, 6.45) is -0.00977. The average Bonchev–Trinajstić information content (AvgIpc) is 2.18. The Hall–Kier alpha value is -1.04. The van der Waals surface area contributed by atoms with Crippen molar-refractivity contribution < 1.29 is 9.15 Å². The number of rotatable bonds is 2. The fourth-order valence-electron chi connectivity index (χ4n) is 1.40. The largest absolute Gasteiger partial charge is 0.462 e. The van der Waals surface area contributed by atoms with Gasteiger partial charge in [0.1, 0.15) is 5.58 Å². The lowest BCUT2D eigenvalue weighted by molar-refractivity contribution is 0.188. The minimum atomic E-state index is -0.0737. The van der Waals surface area contributed by atoms with Gasteiger partial charge in [-0.3, -0.25) is 4.79 Å². The smallest absolute Gasteiger partial charge is 0.288 e. The lowest BCUT2D eigenvalue weighted by Gasteiger charge is -2.08. The summed E-state index contributed by atoms with van der Waals surface area (Å²) in [6, 6.07) is 6.87. The molecule has 0 radical (unpaired) electrons. The van der Waals surface area contributed by atoms with Crippen LogP contribution < -0.4 is 10.2 Å². The van der Waals surface area contributed by atoms with Crippen LogP contribution in [0.4, 0.5) is 0 Å². The molecule has 4 heteroatoms. The molecule has 84 valence electrons. The van der Waals surface area contributed by atoms with Crippen LogP contribution in [0.5, 0.6) is 5.95 Å². The molecule has 0 N–H and O–H groups in total. The Balaban J connectivity index is 2.59. The van der Waals surface area contributed by atoms with E-state index in [0.717, 1.165) is 3.57 Å². The molecule has 0 saturated carbocycles. The molecule has 3 nitrogen and oxygen atoms in total. The van der Waals surface area contributed by atoms with Crippen LogP contribution in [0.3, 0.4) is 0 Å². The van der Waals surface area contributed by atoms with Crippen molar-refractivity contribution >= 4 is 33.6 Å². The first-order chi connectivity index (χ1) is 7.56. The Morgan fingerprint density at radius 2 is 2.06 bits per heavy atom. The van der Waals surface area contributed by atoms with Crippen molar-refractivity contribution in [3.05, 3.63) is 38.1 Å². The average molecular weight is 330 g/mol. The third-order valence-electron chi connectivity index (χ3n) is 2.02. The minimum absolute atomic E-state index is 0.00977. The highest BCUT2D eigenvalue weighted by Crippen LogP contribution is 2.20. The van der Waals surface area contributed by atoms with Gasteiger partial charge in [0.25, 0.3) is 5.95 Å². The Labute approximate surface area is 107 Å². The first kappa shape index (κ1) is 11.4. The molecule has 0 aliphatic heterocycles. The molecule has 0 atom stereocenters. The highest BCUT2D eigenvalue weighted by molar-refractivity contribution is 14.1. The Kier molecular flexibility index (Phi) is 3.18. The summed E-state index contributed by atoms with van der Waals surface area (Å²) >= 11 is 2.16. The van der Waals surface area contributed by atoms with Crippen molar-refractivity contribution in [1.29, 1.82) is 0 Å². The molecule has 0 fully saturated rings. The zero-order chi connectivity index (χ0) is 11.7. The van der Waals surface area contributed by atoms with Gasteiger partial charge < -0.3 is 9.15 Å². The molecule has 0 aliphatic carbocycles. The van der Waals surface area contributed by atoms with Crippen LogP contribution in [-0.2, 0) is 0 Å². The number of ether oxygens (including phenoxy) is 1. The van der Waals surface area contributed by atoms with E-state index < -0.39 is 0 Å². The number of halogens is 1. The number of fused-ring (bicyclic) bond motifs is 1. The van der Waals surface area contributed by atoms with Crippen LogP contribution >= 0.6 is 22.6 Å². The number of hydrogen-bond donors (Lipinski definition) is 0. The molecule has 0 unspecified atom stereocenters. The van der Waals surface area contributed by atoms with E-state index in [1.807, 2.05) is 19.9 Å². The Bertz CT molecular complexity index is 572. The van der Waals surface area contributed by atoms with Crippen LogP contribution in [0.15, 0.2) is 33.5 Å². The molecule has 0 amide bonds. The van der Waals surface area contributed by atoms with Crippen molar-refractivity contribution in [2.24, 2.45) is 0 Å². The van der Waals surface area contributed by atoms with E-state index in [4.69, 9.17) is 9.15 Å². The van der Waals surface area contributed by atoms with Gasteiger partial charge in [0, 0.05) is 3.57 Å². The van der Waals surface area contributed by atoms with Crippen molar-refractivity contribution in [2.75, 3.05) is 0 Å². The van der Waals surface area contributed by atoms with Gasteiger partial charge in [0.2, 0.25) is 0 Å². The van der Waals surface area contributed by atoms with Crippen molar-refractivity contribution in [3.63, 3.8) is 0 Å². The van der Waals surface area contributed by atoms with Crippen LogP contribution in [0.2, 0.25) is 0 Å². The lowest BCUT2D eigenvalue weighted by atomic mass is 10.2. The Morgan fingerprint density at radius 1 is 1.31 bits per heavy atom. The summed E-state index contributed by atoms with van der Waals surface area (Å²) in [6.45, 7) is 3.77. The highest BCUT2D eigenvalue weighted by Gasteiger charge is 2.07. The standard InChI is InChI=1S/C12H11IO3/c1-7(2)15-12-6-10(14)9-5-8(13)3-4-11(9)16-12/h3-7H,1-2H3. The molecule has 1 heterocycles. The minimum Gasteiger partial charge on any atom is -0.462 e. The molecule has 0 saturated heterocycles.